The van der Waals surface area contributed by atoms with Crippen LogP contribution < -0.4 is 0 Å². The molecule has 3 aromatic carbocycles. The third-order valence-electron chi connectivity index (χ3n) is 5.50. The van der Waals surface area contributed by atoms with Crippen molar-refractivity contribution in [1.29, 1.82) is 0 Å². The fraction of sp³-hybridized carbons (Fsp3) is 0.182. The number of nitro benzene ring substituents is 4. The van der Waals surface area contributed by atoms with Crippen molar-refractivity contribution in [3.63, 3.8) is 0 Å². The molecular formula is C22H14Cl4N4O8. The summed E-state index contributed by atoms with van der Waals surface area (Å²) in [5.74, 6) is 0. The molecule has 3 aromatic rings. The first kappa shape index (κ1) is 29.0. The number of non-ortho nitro benzene ring substituents is 2. The summed E-state index contributed by atoms with van der Waals surface area (Å²) in [6.07, 6.45) is 0. The second kappa shape index (κ2) is 11.9. The molecule has 0 spiro atoms. The highest BCUT2D eigenvalue weighted by molar-refractivity contribution is 6.31. The van der Waals surface area contributed by atoms with Gasteiger partial charge in [-0.25, -0.2) is 0 Å². The molecule has 0 radical (unpaired) electrons. The summed E-state index contributed by atoms with van der Waals surface area (Å²) >= 11 is 26.0. The van der Waals surface area contributed by atoms with Crippen LogP contribution in [0.4, 0.5) is 22.7 Å². The van der Waals surface area contributed by atoms with Crippen LogP contribution in [0.25, 0.3) is 0 Å². The van der Waals surface area contributed by atoms with Crippen LogP contribution in [0.15, 0.2) is 60.7 Å². The van der Waals surface area contributed by atoms with Gasteiger partial charge in [-0.2, -0.15) is 0 Å². The van der Waals surface area contributed by atoms with Crippen LogP contribution >= 0.6 is 46.4 Å². The molecule has 0 fully saturated rings. The summed E-state index contributed by atoms with van der Waals surface area (Å²) in [5.41, 5.74) is -1.51. The highest BCUT2D eigenvalue weighted by Crippen LogP contribution is 2.47. The normalized spacial score (nSPS) is 14.2. The molecule has 0 N–H and O–H groups in total. The quantitative estimate of drug-likeness (QED) is 0.128. The van der Waals surface area contributed by atoms with E-state index in [1.54, 1.807) is 18.2 Å². The van der Waals surface area contributed by atoms with E-state index in [-0.39, 0.29) is 11.1 Å². The average Bonchev–Trinajstić information content (AvgIpc) is 2.90. The summed E-state index contributed by atoms with van der Waals surface area (Å²) < 4.78 is 0. The first-order valence-corrected chi connectivity index (χ1v) is 12.1. The van der Waals surface area contributed by atoms with Gasteiger partial charge in [-0.1, -0.05) is 24.3 Å². The smallest absolute Gasteiger partial charge is 0.258 e. The van der Waals surface area contributed by atoms with Crippen LogP contribution in [0.2, 0.25) is 0 Å². The standard InChI is InChI=1S/C22H14Cl4N4O8/c23-19(21(25)15-6-4-13(27(31)32)9-17(15)29(35)36)11-2-1-3-12(8-11)20(24)22(26)16-7-5-14(28(33)34)10-18(16)30(37)38/h1-10,19-22H/t19-,20-,21+,22+/m1/s1. The molecule has 0 aromatic heterocycles. The largest absolute Gasteiger partial charge is 0.281 e. The third-order valence-corrected chi connectivity index (χ3v) is 7.74. The van der Waals surface area contributed by atoms with E-state index in [1.165, 1.54) is 6.07 Å². The maximum Gasteiger partial charge on any atom is 0.281 e. The fourth-order valence-corrected chi connectivity index (χ4v) is 4.83. The van der Waals surface area contributed by atoms with Gasteiger partial charge in [0.15, 0.2) is 0 Å². The molecule has 12 nitrogen and oxygen atoms in total. The Balaban J connectivity index is 1.94. The molecule has 0 bridgehead atoms. The Morgan fingerprint density at radius 2 is 0.868 bits per heavy atom. The van der Waals surface area contributed by atoms with Gasteiger partial charge in [0, 0.05) is 12.1 Å². The first-order valence-electron chi connectivity index (χ1n) is 10.3. The van der Waals surface area contributed by atoms with Crippen LogP contribution in [-0.4, -0.2) is 19.7 Å². The van der Waals surface area contributed by atoms with Gasteiger partial charge in [0.25, 0.3) is 22.7 Å². The van der Waals surface area contributed by atoms with Gasteiger partial charge in [-0.05, 0) is 23.3 Å². The number of hydrogen-bond acceptors (Lipinski definition) is 8. The van der Waals surface area contributed by atoms with E-state index in [2.05, 4.69) is 0 Å². The van der Waals surface area contributed by atoms with Gasteiger partial charge in [-0.15, -0.1) is 46.4 Å². The lowest BCUT2D eigenvalue weighted by Gasteiger charge is -2.20. The summed E-state index contributed by atoms with van der Waals surface area (Å²) in [5, 5.41) is 40.5. The van der Waals surface area contributed by atoms with Gasteiger partial charge >= 0.3 is 0 Å². The second-order valence-corrected chi connectivity index (χ2v) is 9.67. The minimum atomic E-state index is -1.19. The molecule has 16 heteroatoms. The maximum absolute atomic E-state index is 11.5. The van der Waals surface area contributed by atoms with Crippen molar-refractivity contribution in [2.45, 2.75) is 21.5 Å². The fourth-order valence-electron chi connectivity index (χ4n) is 3.63. The van der Waals surface area contributed by atoms with Crippen LogP contribution in [0.3, 0.4) is 0 Å². The van der Waals surface area contributed by atoms with Gasteiger partial charge in [0.05, 0.1) is 64.5 Å². The van der Waals surface area contributed by atoms with E-state index in [9.17, 15) is 40.5 Å². The number of hydrogen-bond donors (Lipinski definition) is 0. The molecule has 0 heterocycles. The second-order valence-electron chi connectivity index (χ2n) is 7.79. The molecule has 3 rings (SSSR count). The Labute approximate surface area is 233 Å². The summed E-state index contributed by atoms with van der Waals surface area (Å²) in [4.78, 5) is 41.9. The number of rotatable bonds is 10. The topological polar surface area (TPSA) is 173 Å². The average molecular weight is 604 g/mol. The molecule has 0 aliphatic heterocycles. The Morgan fingerprint density at radius 1 is 0.500 bits per heavy atom. The van der Waals surface area contributed by atoms with Crippen LogP contribution in [0.1, 0.15) is 43.8 Å². The molecule has 0 aliphatic carbocycles. The highest BCUT2D eigenvalue weighted by Gasteiger charge is 2.32. The minimum Gasteiger partial charge on any atom is -0.258 e. The van der Waals surface area contributed by atoms with E-state index < -0.39 is 64.0 Å². The molecule has 0 saturated carbocycles. The van der Waals surface area contributed by atoms with Crippen LogP contribution in [-0.2, 0) is 0 Å². The van der Waals surface area contributed by atoms with Crippen molar-refractivity contribution in [3.8, 4) is 0 Å². The van der Waals surface area contributed by atoms with E-state index in [0.717, 1.165) is 36.4 Å². The maximum atomic E-state index is 11.5. The SMILES string of the molecule is O=[N+]([O-])c1ccc([C@H](Cl)[C@H](Cl)c2cccc([C@@H](Cl)[C@@H](Cl)c3ccc([N+](=O)[O-])cc3[N+](=O)[O-])c2)c([N+](=O)[O-])c1. The third kappa shape index (κ3) is 6.10. The molecule has 0 saturated heterocycles. The Bertz CT molecular complexity index is 1340. The van der Waals surface area contributed by atoms with Gasteiger partial charge < -0.3 is 0 Å². The van der Waals surface area contributed by atoms with Crippen molar-refractivity contribution in [2.24, 2.45) is 0 Å². The van der Waals surface area contributed by atoms with Crippen molar-refractivity contribution in [2.75, 3.05) is 0 Å². The monoisotopic (exact) mass is 602 g/mol. The number of benzene rings is 3. The number of alkyl halides is 4. The zero-order chi connectivity index (χ0) is 28.3. The summed E-state index contributed by atoms with van der Waals surface area (Å²) in [6.45, 7) is 0. The first-order chi connectivity index (χ1) is 17.8. The van der Waals surface area contributed by atoms with Gasteiger partial charge in [0.2, 0.25) is 0 Å². The van der Waals surface area contributed by atoms with Gasteiger partial charge in [-0.3, -0.25) is 40.5 Å². The van der Waals surface area contributed by atoms with E-state index in [0.29, 0.717) is 11.1 Å². The lowest BCUT2D eigenvalue weighted by Crippen LogP contribution is -2.07. The predicted octanol–water partition coefficient (Wildman–Crippen LogP) is 7.84. The molecule has 198 valence electrons. The number of nitrogens with zero attached hydrogens (tertiary/aromatic N) is 4. The number of nitro groups is 4. The van der Waals surface area contributed by atoms with Crippen LogP contribution in [0, 0.1) is 40.5 Å². The lowest BCUT2D eigenvalue weighted by atomic mass is 9.97. The zero-order valence-corrected chi connectivity index (χ0v) is 21.7. The number of halogens is 4. The van der Waals surface area contributed by atoms with E-state index in [1.807, 2.05) is 0 Å². The molecule has 38 heavy (non-hydrogen) atoms. The van der Waals surface area contributed by atoms with Crippen molar-refractivity contribution in [3.05, 3.63) is 123 Å². The van der Waals surface area contributed by atoms with Crippen molar-refractivity contribution >= 4 is 69.2 Å². The summed E-state index contributed by atoms with van der Waals surface area (Å²) in [7, 11) is 0. The minimum absolute atomic E-state index is 0.0492. The Hall–Kier alpha value is -3.58. The molecule has 0 amide bonds. The zero-order valence-electron chi connectivity index (χ0n) is 18.6. The Kier molecular flexibility index (Phi) is 9.05. The summed E-state index contributed by atoms with van der Waals surface area (Å²) in [6, 6.07) is 12.2. The van der Waals surface area contributed by atoms with Gasteiger partial charge in [0.1, 0.15) is 0 Å². The predicted molar refractivity (Wildman–Crippen MR) is 140 cm³/mol. The van der Waals surface area contributed by atoms with Crippen LogP contribution in [0.5, 0.6) is 0 Å². The lowest BCUT2D eigenvalue weighted by molar-refractivity contribution is -0.394. The van der Waals surface area contributed by atoms with Crippen molar-refractivity contribution < 1.29 is 19.7 Å². The molecule has 0 aliphatic rings. The molecule has 4 atom stereocenters. The Morgan fingerprint density at radius 3 is 1.18 bits per heavy atom. The molecular weight excluding hydrogens is 590 g/mol. The van der Waals surface area contributed by atoms with E-state index in [4.69, 9.17) is 46.4 Å². The highest BCUT2D eigenvalue weighted by atomic mass is 35.5. The molecule has 0 unspecified atom stereocenters. The van der Waals surface area contributed by atoms with E-state index >= 15 is 0 Å². The van der Waals surface area contributed by atoms with Crippen molar-refractivity contribution in [1.82, 2.24) is 0 Å².